The van der Waals surface area contributed by atoms with E-state index < -0.39 is 0 Å². The summed E-state index contributed by atoms with van der Waals surface area (Å²) in [6, 6.07) is 0. The van der Waals surface area contributed by atoms with Gasteiger partial charge in [0.05, 0.1) is 0 Å². The van der Waals surface area contributed by atoms with Crippen molar-refractivity contribution >= 4 is 0 Å². The lowest BCUT2D eigenvalue weighted by Gasteiger charge is -2.37. The van der Waals surface area contributed by atoms with E-state index in [0.717, 1.165) is 19.6 Å². The highest BCUT2D eigenvalue weighted by Crippen LogP contribution is 2.26. The lowest BCUT2D eigenvalue weighted by Crippen LogP contribution is -2.51. The third-order valence-corrected chi connectivity index (χ3v) is 3.31. The fourth-order valence-corrected chi connectivity index (χ4v) is 2.59. The lowest BCUT2D eigenvalue weighted by molar-refractivity contribution is 0.184. The molecule has 0 saturated heterocycles. The van der Waals surface area contributed by atoms with Gasteiger partial charge in [-0.05, 0) is 25.8 Å². The number of hydrogen-bond acceptors (Lipinski definition) is 2. The van der Waals surface area contributed by atoms with Crippen molar-refractivity contribution in [2.45, 2.75) is 51.0 Å². The van der Waals surface area contributed by atoms with Crippen molar-refractivity contribution in [1.29, 1.82) is 0 Å². The van der Waals surface area contributed by atoms with Crippen molar-refractivity contribution in [1.82, 2.24) is 4.90 Å². The number of nitrogens with two attached hydrogens (primary N) is 1. The van der Waals surface area contributed by atoms with Gasteiger partial charge in [-0.1, -0.05) is 32.3 Å². The Morgan fingerprint density at radius 3 is 2.53 bits per heavy atom. The molecule has 0 aliphatic heterocycles. The third kappa shape index (κ3) is 4.35. The molecule has 2 N–H and O–H groups in total. The van der Waals surface area contributed by atoms with Crippen molar-refractivity contribution in [2.75, 3.05) is 19.6 Å². The molecular weight excluding hydrogens is 184 g/mol. The molecule has 0 aromatic carbocycles. The van der Waals surface area contributed by atoms with Crippen LogP contribution < -0.4 is 5.73 Å². The van der Waals surface area contributed by atoms with E-state index in [-0.39, 0.29) is 5.54 Å². The zero-order valence-corrected chi connectivity index (χ0v) is 10.2. The highest BCUT2D eigenvalue weighted by Gasteiger charge is 2.28. The zero-order chi connectivity index (χ0) is 11.1. The Balaban J connectivity index is 2.43. The van der Waals surface area contributed by atoms with Crippen LogP contribution in [0.1, 0.15) is 45.4 Å². The summed E-state index contributed by atoms with van der Waals surface area (Å²) in [4.78, 5) is 2.44. The average Bonchev–Trinajstić information content (AvgIpc) is 2.19. The molecule has 0 atom stereocenters. The largest absolute Gasteiger partial charge is 0.324 e. The first-order chi connectivity index (χ1) is 7.20. The van der Waals surface area contributed by atoms with Crippen LogP contribution in [-0.4, -0.2) is 30.1 Å². The minimum Gasteiger partial charge on any atom is -0.324 e. The van der Waals surface area contributed by atoms with E-state index in [2.05, 4.69) is 18.4 Å². The van der Waals surface area contributed by atoms with Crippen molar-refractivity contribution in [3.8, 4) is 0 Å². The van der Waals surface area contributed by atoms with E-state index in [1.54, 1.807) is 0 Å². The maximum Gasteiger partial charge on any atom is 0.0283 e. The van der Waals surface area contributed by atoms with Crippen LogP contribution in [0.25, 0.3) is 0 Å². The van der Waals surface area contributed by atoms with Crippen LogP contribution in [0.5, 0.6) is 0 Å². The summed E-state index contributed by atoms with van der Waals surface area (Å²) in [5.74, 6) is 0. The zero-order valence-electron chi connectivity index (χ0n) is 10.2. The molecule has 15 heavy (non-hydrogen) atoms. The highest BCUT2D eigenvalue weighted by atomic mass is 15.1. The summed E-state index contributed by atoms with van der Waals surface area (Å²) in [6.07, 6.45) is 9.57. The molecule has 88 valence electrons. The SMILES string of the molecule is C=CCN(CCC)CC1(N)CCCCC1. The van der Waals surface area contributed by atoms with Crippen molar-refractivity contribution in [3.05, 3.63) is 12.7 Å². The highest BCUT2D eigenvalue weighted by molar-refractivity contribution is 4.91. The second-order valence-corrected chi connectivity index (χ2v) is 4.95. The Morgan fingerprint density at radius 2 is 2.00 bits per heavy atom. The predicted molar refractivity (Wildman–Crippen MR) is 66.9 cm³/mol. The van der Waals surface area contributed by atoms with Gasteiger partial charge in [0, 0.05) is 18.6 Å². The molecule has 1 fully saturated rings. The molecule has 0 spiro atoms. The average molecular weight is 210 g/mol. The van der Waals surface area contributed by atoms with Gasteiger partial charge in [0.2, 0.25) is 0 Å². The molecule has 0 heterocycles. The Morgan fingerprint density at radius 1 is 1.33 bits per heavy atom. The second kappa shape index (κ2) is 6.29. The molecule has 0 amide bonds. The molecule has 1 aliphatic carbocycles. The van der Waals surface area contributed by atoms with Gasteiger partial charge >= 0.3 is 0 Å². The fraction of sp³-hybridized carbons (Fsp3) is 0.846. The summed E-state index contributed by atoms with van der Waals surface area (Å²) in [7, 11) is 0. The standard InChI is InChI=1S/C13H26N2/c1-3-10-15(11-4-2)12-13(14)8-6-5-7-9-13/h3H,1,4-12,14H2,2H3. The van der Waals surface area contributed by atoms with E-state index in [1.807, 2.05) is 6.08 Å². The number of rotatable bonds is 6. The van der Waals surface area contributed by atoms with Gasteiger partial charge in [0.15, 0.2) is 0 Å². The Kier molecular flexibility index (Phi) is 5.34. The topological polar surface area (TPSA) is 29.3 Å². The molecule has 1 rings (SSSR count). The molecule has 0 radical (unpaired) electrons. The first-order valence-corrected chi connectivity index (χ1v) is 6.32. The van der Waals surface area contributed by atoms with E-state index in [1.165, 1.54) is 38.5 Å². The van der Waals surface area contributed by atoms with Crippen LogP contribution >= 0.6 is 0 Å². The molecule has 1 saturated carbocycles. The van der Waals surface area contributed by atoms with E-state index >= 15 is 0 Å². The summed E-state index contributed by atoms with van der Waals surface area (Å²) >= 11 is 0. The van der Waals surface area contributed by atoms with Gasteiger partial charge < -0.3 is 5.73 Å². The molecule has 1 aliphatic rings. The molecule has 2 nitrogen and oxygen atoms in total. The van der Waals surface area contributed by atoms with Gasteiger partial charge in [-0.25, -0.2) is 0 Å². The van der Waals surface area contributed by atoms with E-state index in [4.69, 9.17) is 5.73 Å². The monoisotopic (exact) mass is 210 g/mol. The number of hydrogen-bond donors (Lipinski definition) is 1. The summed E-state index contributed by atoms with van der Waals surface area (Å²) in [6.45, 7) is 9.21. The first-order valence-electron chi connectivity index (χ1n) is 6.32. The van der Waals surface area contributed by atoms with Gasteiger partial charge in [-0.2, -0.15) is 0 Å². The van der Waals surface area contributed by atoms with Gasteiger partial charge in [0.1, 0.15) is 0 Å². The first kappa shape index (κ1) is 12.7. The van der Waals surface area contributed by atoms with Crippen LogP contribution in [0.15, 0.2) is 12.7 Å². The molecule has 0 aromatic heterocycles. The Hall–Kier alpha value is -0.340. The van der Waals surface area contributed by atoms with Crippen molar-refractivity contribution in [2.24, 2.45) is 5.73 Å². The summed E-state index contributed by atoms with van der Waals surface area (Å²) in [5, 5.41) is 0. The number of nitrogens with zero attached hydrogens (tertiary/aromatic N) is 1. The predicted octanol–water partition coefficient (Wildman–Crippen LogP) is 2.55. The van der Waals surface area contributed by atoms with Gasteiger partial charge in [0.25, 0.3) is 0 Å². The van der Waals surface area contributed by atoms with Crippen LogP contribution in [0.2, 0.25) is 0 Å². The Bertz CT molecular complexity index is 183. The van der Waals surface area contributed by atoms with E-state index in [0.29, 0.717) is 0 Å². The summed E-state index contributed by atoms with van der Waals surface area (Å²) < 4.78 is 0. The quantitative estimate of drug-likeness (QED) is 0.683. The molecule has 0 bridgehead atoms. The van der Waals surface area contributed by atoms with E-state index in [9.17, 15) is 0 Å². The van der Waals surface area contributed by atoms with Gasteiger partial charge in [-0.15, -0.1) is 6.58 Å². The lowest BCUT2D eigenvalue weighted by atomic mass is 9.82. The van der Waals surface area contributed by atoms with Crippen LogP contribution in [0.4, 0.5) is 0 Å². The normalized spacial score (nSPS) is 20.5. The summed E-state index contributed by atoms with van der Waals surface area (Å²) in [5.41, 5.74) is 6.52. The molecule has 0 unspecified atom stereocenters. The minimum absolute atomic E-state index is 0.0798. The maximum absolute atomic E-state index is 6.44. The smallest absolute Gasteiger partial charge is 0.0283 e. The maximum atomic E-state index is 6.44. The molecule has 2 heteroatoms. The van der Waals surface area contributed by atoms with Gasteiger partial charge in [-0.3, -0.25) is 4.90 Å². The fourth-order valence-electron chi connectivity index (χ4n) is 2.59. The van der Waals surface area contributed by atoms with Crippen LogP contribution in [0, 0.1) is 0 Å². The third-order valence-electron chi connectivity index (χ3n) is 3.31. The van der Waals surface area contributed by atoms with Crippen LogP contribution in [-0.2, 0) is 0 Å². The second-order valence-electron chi connectivity index (χ2n) is 4.95. The van der Waals surface area contributed by atoms with Crippen molar-refractivity contribution in [3.63, 3.8) is 0 Å². The minimum atomic E-state index is 0.0798. The molecule has 0 aromatic rings. The van der Waals surface area contributed by atoms with Crippen molar-refractivity contribution < 1.29 is 0 Å². The van der Waals surface area contributed by atoms with Crippen LogP contribution in [0.3, 0.4) is 0 Å². The molecular formula is C13H26N2. The Labute approximate surface area is 94.5 Å².